The molecule has 1 atom stereocenters. The second-order valence-electron chi connectivity index (χ2n) is 6.29. The summed E-state index contributed by atoms with van der Waals surface area (Å²) < 4.78 is 0. The zero-order valence-electron chi connectivity index (χ0n) is 14.5. The molecule has 0 spiro atoms. The number of pyridine rings is 2. The van der Waals surface area contributed by atoms with Crippen LogP contribution in [0.4, 0.5) is 5.82 Å². The summed E-state index contributed by atoms with van der Waals surface area (Å²) in [5, 5.41) is 15.4. The van der Waals surface area contributed by atoms with Gasteiger partial charge in [-0.05, 0) is 30.7 Å². The molecule has 0 saturated carbocycles. The molecule has 0 aliphatic rings. The van der Waals surface area contributed by atoms with Crippen LogP contribution in [0, 0.1) is 6.92 Å². The van der Waals surface area contributed by atoms with Crippen molar-refractivity contribution in [3.8, 4) is 5.75 Å². The van der Waals surface area contributed by atoms with Crippen LogP contribution in [0.5, 0.6) is 5.75 Å². The van der Waals surface area contributed by atoms with E-state index in [0.29, 0.717) is 5.52 Å². The lowest BCUT2D eigenvalue weighted by atomic mass is 9.93. The van der Waals surface area contributed by atoms with Crippen molar-refractivity contribution in [1.29, 1.82) is 0 Å². The fourth-order valence-corrected chi connectivity index (χ4v) is 3.25. The molecule has 0 aliphatic carbocycles. The smallest absolute Gasteiger partial charge is 0.272 e. The summed E-state index contributed by atoms with van der Waals surface area (Å²) in [5.74, 6) is 1.08. The molecule has 2 heterocycles. The van der Waals surface area contributed by atoms with Crippen LogP contribution in [-0.2, 0) is 0 Å². The van der Waals surface area contributed by atoms with Crippen molar-refractivity contribution in [2.45, 2.75) is 13.0 Å². The molecule has 0 amide bonds. The molecular weight excluding hydrogens is 322 g/mol. The van der Waals surface area contributed by atoms with E-state index < -0.39 is 0 Å². The van der Waals surface area contributed by atoms with Crippen LogP contribution in [0.15, 0.2) is 79.1 Å². The number of fused-ring (bicyclic) bond motifs is 1. The molecule has 4 rings (SSSR count). The average molecular weight is 342 g/mol. The lowest BCUT2D eigenvalue weighted by Gasteiger charge is -2.19. The molecule has 2 aromatic heterocycles. The Morgan fingerprint density at radius 1 is 0.923 bits per heavy atom. The van der Waals surface area contributed by atoms with Crippen LogP contribution < -0.4 is 10.3 Å². The van der Waals surface area contributed by atoms with Gasteiger partial charge in [-0.15, -0.1) is 0 Å². The van der Waals surface area contributed by atoms with Gasteiger partial charge in [0.1, 0.15) is 17.3 Å². The highest BCUT2D eigenvalue weighted by molar-refractivity contribution is 5.86. The van der Waals surface area contributed by atoms with Gasteiger partial charge < -0.3 is 5.11 Å². The summed E-state index contributed by atoms with van der Waals surface area (Å²) in [6.07, 6.45) is 3.58. The maximum Gasteiger partial charge on any atom is 0.272 e. The van der Waals surface area contributed by atoms with E-state index in [2.05, 4.69) is 34.3 Å². The van der Waals surface area contributed by atoms with E-state index in [0.717, 1.165) is 27.9 Å². The van der Waals surface area contributed by atoms with Crippen LogP contribution in [0.2, 0.25) is 0 Å². The van der Waals surface area contributed by atoms with Crippen molar-refractivity contribution >= 4 is 16.7 Å². The number of rotatable bonds is 4. The number of aromatic amines is 1. The quantitative estimate of drug-likeness (QED) is 0.582. The predicted octanol–water partition coefficient (Wildman–Crippen LogP) is 4.26. The van der Waals surface area contributed by atoms with Crippen molar-refractivity contribution in [3.05, 3.63) is 95.8 Å². The van der Waals surface area contributed by atoms with E-state index in [9.17, 15) is 5.11 Å². The molecule has 4 aromatic rings. The van der Waals surface area contributed by atoms with Crippen LogP contribution in [0.25, 0.3) is 10.9 Å². The first kappa shape index (κ1) is 16.1. The molecule has 128 valence electrons. The Morgan fingerprint density at radius 2 is 1.77 bits per heavy atom. The summed E-state index contributed by atoms with van der Waals surface area (Å²) in [6, 6.07) is 21.7. The zero-order valence-corrected chi connectivity index (χ0v) is 14.5. The molecule has 0 saturated heterocycles. The third kappa shape index (κ3) is 2.97. The summed E-state index contributed by atoms with van der Waals surface area (Å²) in [4.78, 5) is 7.57. The molecule has 2 aromatic carbocycles. The molecule has 4 heteroatoms. The number of aryl methyl sites for hydroxylation is 1. The first-order valence-corrected chi connectivity index (χ1v) is 8.59. The second-order valence-corrected chi connectivity index (χ2v) is 6.29. The van der Waals surface area contributed by atoms with Crippen LogP contribution in [0.3, 0.4) is 0 Å². The molecule has 0 unspecified atom stereocenters. The fourth-order valence-electron chi connectivity index (χ4n) is 3.25. The fraction of sp³-hybridized carbons (Fsp3) is 0.0909. The van der Waals surface area contributed by atoms with Gasteiger partial charge in [-0.1, -0.05) is 42.5 Å². The summed E-state index contributed by atoms with van der Waals surface area (Å²) >= 11 is 0. The number of nitrogens with zero attached hydrogens (tertiary/aromatic N) is 1. The van der Waals surface area contributed by atoms with Crippen molar-refractivity contribution in [1.82, 2.24) is 4.98 Å². The Morgan fingerprint density at radius 3 is 2.58 bits per heavy atom. The molecule has 0 fully saturated rings. The average Bonchev–Trinajstić information content (AvgIpc) is 2.68. The highest BCUT2D eigenvalue weighted by Crippen LogP contribution is 2.36. The SMILES string of the molecule is Cc1ccccc1[C@H](Nc1cccc[nH+]1)c1ccc2cccnc2c1O. The highest BCUT2D eigenvalue weighted by Gasteiger charge is 2.25. The summed E-state index contributed by atoms with van der Waals surface area (Å²) in [6.45, 7) is 2.08. The van der Waals surface area contributed by atoms with Gasteiger partial charge in [0.15, 0.2) is 0 Å². The third-order valence-corrected chi connectivity index (χ3v) is 4.60. The molecule has 0 radical (unpaired) electrons. The maximum absolute atomic E-state index is 10.9. The van der Waals surface area contributed by atoms with E-state index in [1.165, 1.54) is 0 Å². The van der Waals surface area contributed by atoms with Gasteiger partial charge in [0.05, 0.1) is 6.20 Å². The Hall–Kier alpha value is -3.40. The number of phenolic OH excluding ortho intramolecular Hbond substituents is 1. The lowest BCUT2D eigenvalue weighted by Crippen LogP contribution is -2.19. The first-order valence-electron chi connectivity index (χ1n) is 8.59. The normalized spacial score (nSPS) is 12.0. The minimum atomic E-state index is -0.207. The van der Waals surface area contributed by atoms with Gasteiger partial charge >= 0.3 is 0 Å². The first-order chi connectivity index (χ1) is 12.7. The van der Waals surface area contributed by atoms with Crippen molar-refractivity contribution in [2.75, 3.05) is 5.32 Å². The largest absolute Gasteiger partial charge is 0.505 e. The number of nitrogens with one attached hydrogen (secondary N) is 2. The predicted molar refractivity (Wildman–Crippen MR) is 103 cm³/mol. The number of anilines is 1. The van der Waals surface area contributed by atoms with E-state index >= 15 is 0 Å². The van der Waals surface area contributed by atoms with E-state index in [-0.39, 0.29) is 11.8 Å². The number of benzene rings is 2. The lowest BCUT2D eigenvalue weighted by molar-refractivity contribution is -0.361. The van der Waals surface area contributed by atoms with Crippen LogP contribution >= 0.6 is 0 Å². The molecular formula is C22H20N3O+. The molecule has 3 N–H and O–H groups in total. The van der Waals surface area contributed by atoms with Gasteiger partial charge in [-0.3, -0.25) is 10.3 Å². The van der Waals surface area contributed by atoms with Crippen molar-refractivity contribution in [2.24, 2.45) is 0 Å². The zero-order chi connectivity index (χ0) is 17.9. The Kier molecular flexibility index (Phi) is 4.23. The number of aromatic nitrogens is 2. The number of hydrogen-bond acceptors (Lipinski definition) is 3. The van der Waals surface area contributed by atoms with E-state index in [1.54, 1.807) is 6.20 Å². The molecule has 26 heavy (non-hydrogen) atoms. The van der Waals surface area contributed by atoms with E-state index in [4.69, 9.17) is 0 Å². The molecule has 4 nitrogen and oxygen atoms in total. The minimum absolute atomic E-state index is 0.207. The Labute approximate surface area is 152 Å². The second kappa shape index (κ2) is 6.84. The third-order valence-electron chi connectivity index (χ3n) is 4.60. The molecule has 0 aliphatic heterocycles. The number of phenols is 1. The standard InChI is InChI=1S/C22H19N3O/c1-15-7-2-3-9-17(15)21(25-19-10-4-5-13-23-19)18-12-11-16-8-6-14-24-20(16)22(18)26/h2-14,21,26H,1H3,(H,23,25)/p+1/t21-/m0/s1. The van der Waals surface area contributed by atoms with Crippen LogP contribution in [-0.4, -0.2) is 10.1 Å². The minimum Gasteiger partial charge on any atom is -0.505 e. The highest BCUT2D eigenvalue weighted by atomic mass is 16.3. The van der Waals surface area contributed by atoms with Gasteiger partial charge in [0.2, 0.25) is 0 Å². The van der Waals surface area contributed by atoms with Crippen molar-refractivity contribution in [3.63, 3.8) is 0 Å². The maximum atomic E-state index is 10.9. The van der Waals surface area contributed by atoms with Gasteiger partial charge in [-0.25, -0.2) is 4.98 Å². The van der Waals surface area contributed by atoms with Gasteiger partial charge in [-0.2, -0.15) is 0 Å². The number of H-pyrrole nitrogens is 1. The van der Waals surface area contributed by atoms with Gasteiger partial charge in [0, 0.05) is 28.8 Å². The Bertz CT molecular complexity index is 1050. The summed E-state index contributed by atoms with van der Waals surface area (Å²) in [7, 11) is 0. The summed E-state index contributed by atoms with van der Waals surface area (Å²) in [5.41, 5.74) is 3.67. The monoisotopic (exact) mass is 342 g/mol. The topological polar surface area (TPSA) is 59.3 Å². The van der Waals surface area contributed by atoms with Crippen LogP contribution in [0.1, 0.15) is 22.7 Å². The van der Waals surface area contributed by atoms with Crippen molar-refractivity contribution < 1.29 is 10.1 Å². The Balaban J connectivity index is 1.88. The number of hydrogen-bond donors (Lipinski definition) is 2. The van der Waals surface area contributed by atoms with Gasteiger partial charge in [0.25, 0.3) is 5.82 Å². The molecule has 0 bridgehead atoms. The number of aromatic hydroxyl groups is 1. The van der Waals surface area contributed by atoms with E-state index in [1.807, 2.05) is 60.8 Å².